The Labute approximate surface area is 122 Å². The van der Waals surface area contributed by atoms with Gasteiger partial charge in [0.15, 0.2) is 0 Å². The number of rotatable bonds is 4. The number of hydrogen-bond donors (Lipinski definition) is 1. The number of hydrogen-bond acceptors (Lipinski definition) is 2. The second-order valence-electron chi connectivity index (χ2n) is 5.45. The lowest BCUT2D eigenvalue weighted by Crippen LogP contribution is -2.32. The summed E-state index contributed by atoms with van der Waals surface area (Å²) in [5, 5.41) is 4.21. The summed E-state index contributed by atoms with van der Waals surface area (Å²) in [6, 6.07) is 7.15. The summed E-state index contributed by atoms with van der Waals surface area (Å²) >= 11 is 6.41. The highest BCUT2D eigenvalue weighted by Crippen LogP contribution is 2.28. The highest BCUT2D eigenvalue weighted by Gasteiger charge is 2.17. The number of benzene rings is 1. The van der Waals surface area contributed by atoms with E-state index in [1.54, 1.807) is 0 Å². The second kappa shape index (κ2) is 7.16. The van der Waals surface area contributed by atoms with E-state index in [2.05, 4.69) is 42.3 Å². The van der Waals surface area contributed by atoms with E-state index in [9.17, 15) is 0 Å². The van der Waals surface area contributed by atoms with Gasteiger partial charge in [0, 0.05) is 29.8 Å². The van der Waals surface area contributed by atoms with E-state index in [1.165, 1.54) is 36.9 Å². The van der Waals surface area contributed by atoms with Crippen LogP contribution in [0.4, 0.5) is 5.69 Å². The van der Waals surface area contributed by atoms with Crippen LogP contribution in [-0.4, -0.2) is 19.1 Å². The highest BCUT2D eigenvalue weighted by molar-refractivity contribution is 6.31. The first kappa shape index (κ1) is 14.7. The van der Waals surface area contributed by atoms with Gasteiger partial charge >= 0.3 is 0 Å². The third kappa shape index (κ3) is 3.87. The molecule has 1 fully saturated rings. The lowest BCUT2D eigenvalue weighted by molar-refractivity contribution is 0.616. The van der Waals surface area contributed by atoms with Crippen LogP contribution in [-0.2, 0) is 6.54 Å². The van der Waals surface area contributed by atoms with Crippen LogP contribution in [0.3, 0.4) is 0 Å². The van der Waals surface area contributed by atoms with Crippen LogP contribution in [0.5, 0.6) is 0 Å². The molecule has 2 nitrogen and oxygen atoms in total. The predicted octanol–water partition coefficient (Wildman–Crippen LogP) is 4.22. The van der Waals surface area contributed by atoms with Crippen LogP contribution in [0.25, 0.3) is 0 Å². The smallest absolute Gasteiger partial charge is 0.0471 e. The molecule has 0 radical (unpaired) electrons. The average molecular weight is 281 g/mol. The van der Waals surface area contributed by atoms with Crippen LogP contribution in [0.2, 0.25) is 5.02 Å². The molecule has 0 bridgehead atoms. The molecular formula is C16H25ClN2. The molecule has 1 aromatic carbocycles. The first-order valence-corrected chi connectivity index (χ1v) is 7.86. The van der Waals surface area contributed by atoms with Gasteiger partial charge in [-0.1, -0.05) is 37.4 Å². The van der Waals surface area contributed by atoms with Gasteiger partial charge in [-0.2, -0.15) is 0 Å². The molecule has 1 N–H and O–H groups in total. The van der Waals surface area contributed by atoms with E-state index in [4.69, 9.17) is 11.6 Å². The van der Waals surface area contributed by atoms with Crippen LogP contribution < -0.4 is 10.2 Å². The summed E-state index contributed by atoms with van der Waals surface area (Å²) in [6.07, 6.45) is 5.29. The standard InChI is InChI=1S/C16H25ClN2/c1-3-18-12-14-8-9-15(11-16(14)17)19-10-6-4-5-7-13(19)2/h8-9,11,13,18H,3-7,10,12H2,1-2H3. The van der Waals surface area contributed by atoms with Gasteiger partial charge in [0.25, 0.3) is 0 Å². The van der Waals surface area contributed by atoms with Gasteiger partial charge in [0.05, 0.1) is 0 Å². The molecule has 1 aliphatic heterocycles. The Kier molecular flexibility index (Phi) is 5.53. The van der Waals surface area contributed by atoms with Crippen LogP contribution >= 0.6 is 11.6 Å². The largest absolute Gasteiger partial charge is 0.369 e. The Bertz CT molecular complexity index is 406. The van der Waals surface area contributed by atoms with Crippen molar-refractivity contribution in [1.82, 2.24) is 5.32 Å². The zero-order valence-corrected chi connectivity index (χ0v) is 12.8. The van der Waals surface area contributed by atoms with Crippen LogP contribution in [0.1, 0.15) is 45.1 Å². The first-order chi connectivity index (χ1) is 9.22. The van der Waals surface area contributed by atoms with Crippen molar-refractivity contribution >= 4 is 17.3 Å². The molecule has 19 heavy (non-hydrogen) atoms. The molecule has 0 spiro atoms. The summed E-state index contributed by atoms with van der Waals surface area (Å²) in [7, 11) is 0. The summed E-state index contributed by atoms with van der Waals surface area (Å²) in [5.41, 5.74) is 2.47. The molecule has 1 saturated heterocycles. The van der Waals surface area contributed by atoms with E-state index < -0.39 is 0 Å². The van der Waals surface area contributed by atoms with E-state index in [0.717, 1.165) is 24.7 Å². The van der Waals surface area contributed by atoms with Crippen molar-refractivity contribution in [3.05, 3.63) is 28.8 Å². The summed E-state index contributed by atoms with van der Waals surface area (Å²) in [4.78, 5) is 2.51. The minimum Gasteiger partial charge on any atom is -0.369 e. The van der Waals surface area contributed by atoms with Crippen molar-refractivity contribution in [1.29, 1.82) is 0 Å². The Morgan fingerprint density at radius 1 is 1.32 bits per heavy atom. The van der Waals surface area contributed by atoms with Gasteiger partial charge in [-0.05, 0) is 44.0 Å². The van der Waals surface area contributed by atoms with Crippen molar-refractivity contribution in [3.63, 3.8) is 0 Å². The van der Waals surface area contributed by atoms with Crippen molar-refractivity contribution < 1.29 is 0 Å². The fourth-order valence-corrected chi connectivity index (χ4v) is 3.02. The number of anilines is 1. The van der Waals surface area contributed by atoms with E-state index in [-0.39, 0.29) is 0 Å². The van der Waals surface area contributed by atoms with Gasteiger partial charge in [0.2, 0.25) is 0 Å². The molecule has 0 aliphatic carbocycles. The molecule has 1 unspecified atom stereocenters. The zero-order chi connectivity index (χ0) is 13.7. The van der Waals surface area contributed by atoms with E-state index in [1.807, 2.05) is 0 Å². The minimum absolute atomic E-state index is 0.623. The molecule has 1 aromatic rings. The molecule has 1 aliphatic rings. The van der Waals surface area contributed by atoms with Gasteiger partial charge in [-0.3, -0.25) is 0 Å². The number of nitrogens with one attached hydrogen (secondary N) is 1. The Morgan fingerprint density at radius 3 is 2.89 bits per heavy atom. The molecule has 1 heterocycles. The highest BCUT2D eigenvalue weighted by atomic mass is 35.5. The summed E-state index contributed by atoms with van der Waals surface area (Å²) in [5.74, 6) is 0. The van der Waals surface area contributed by atoms with Gasteiger partial charge in [-0.15, -0.1) is 0 Å². The maximum Gasteiger partial charge on any atom is 0.0471 e. The first-order valence-electron chi connectivity index (χ1n) is 7.48. The average Bonchev–Trinajstić information content (AvgIpc) is 2.62. The third-order valence-corrected chi connectivity index (χ3v) is 4.34. The lowest BCUT2D eigenvalue weighted by atomic mass is 10.1. The third-order valence-electron chi connectivity index (χ3n) is 3.99. The monoisotopic (exact) mass is 280 g/mol. The lowest BCUT2D eigenvalue weighted by Gasteiger charge is -2.30. The number of nitrogens with zero attached hydrogens (tertiary/aromatic N) is 1. The Morgan fingerprint density at radius 2 is 2.16 bits per heavy atom. The van der Waals surface area contributed by atoms with Gasteiger partial charge < -0.3 is 10.2 Å². The fraction of sp³-hybridized carbons (Fsp3) is 0.625. The van der Waals surface area contributed by atoms with E-state index >= 15 is 0 Å². The molecular weight excluding hydrogens is 256 g/mol. The van der Waals surface area contributed by atoms with Crippen molar-refractivity contribution in [2.24, 2.45) is 0 Å². The topological polar surface area (TPSA) is 15.3 Å². The van der Waals surface area contributed by atoms with Crippen molar-refractivity contribution in [2.75, 3.05) is 18.0 Å². The normalized spacial score (nSPS) is 20.4. The van der Waals surface area contributed by atoms with Gasteiger partial charge in [-0.25, -0.2) is 0 Å². The maximum atomic E-state index is 6.41. The molecule has 0 aromatic heterocycles. The maximum absolute atomic E-state index is 6.41. The molecule has 2 rings (SSSR count). The van der Waals surface area contributed by atoms with Gasteiger partial charge in [0.1, 0.15) is 0 Å². The number of halogens is 1. The molecule has 0 amide bonds. The SMILES string of the molecule is CCNCc1ccc(N2CCCCCC2C)cc1Cl. The van der Waals surface area contributed by atoms with Crippen molar-refractivity contribution in [3.8, 4) is 0 Å². The molecule has 3 heteroatoms. The summed E-state index contributed by atoms with van der Waals surface area (Å²) in [6.45, 7) is 7.42. The predicted molar refractivity (Wildman–Crippen MR) is 84.1 cm³/mol. The summed E-state index contributed by atoms with van der Waals surface area (Å²) < 4.78 is 0. The second-order valence-corrected chi connectivity index (χ2v) is 5.85. The Hall–Kier alpha value is -0.730. The molecule has 106 valence electrons. The van der Waals surface area contributed by atoms with Crippen LogP contribution in [0.15, 0.2) is 18.2 Å². The quantitative estimate of drug-likeness (QED) is 0.888. The Balaban J connectivity index is 2.13. The zero-order valence-electron chi connectivity index (χ0n) is 12.1. The molecule has 0 saturated carbocycles. The van der Waals surface area contributed by atoms with Crippen molar-refractivity contribution in [2.45, 2.75) is 52.1 Å². The fourth-order valence-electron chi connectivity index (χ4n) is 2.78. The minimum atomic E-state index is 0.623. The van der Waals surface area contributed by atoms with Crippen LogP contribution in [0, 0.1) is 0 Å². The molecule has 1 atom stereocenters. The van der Waals surface area contributed by atoms with E-state index in [0.29, 0.717) is 6.04 Å².